The predicted molar refractivity (Wildman–Crippen MR) is 54.7 cm³/mol. The number of nitrogen functional groups attached to an aromatic ring is 1. The highest BCUT2D eigenvalue weighted by molar-refractivity contribution is 5.36. The topological polar surface area (TPSA) is 63.8 Å². The molecule has 0 aliphatic heterocycles. The van der Waals surface area contributed by atoms with E-state index in [1.165, 1.54) is 19.3 Å². The summed E-state index contributed by atoms with van der Waals surface area (Å²) in [6.07, 6.45) is 7.31. The summed E-state index contributed by atoms with van der Waals surface area (Å²) in [7, 11) is 0. The lowest BCUT2D eigenvalue weighted by Crippen LogP contribution is -2.18. The van der Waals surface area contributed by atoms with E-state index >= 15 is 0 Å². The Morgan fingerprint density at radius 1 is 1.14 bits per heavy atom. The molecule has 74 valence electrons. The van der Waals surface area contributed by atoms with Crippen molar-refractivity contribution < 1.29 is 0 Å². The van der Waals surface area contributed by atoms with Crippen LogP contribution in [0.4, 0.5) is 11.6 Å². The fourth-order valence-electron chi connectivity index (χ4n) is 2.43. The Hall–Kier alpha value is -1.32. The molecule has 0 radical (unpaired) electrons. The first-order valence-corrected chi connectivity index (χ1v) is 5.15. The molecule has 1 aromatic rings. The van der Waals surface area contributed by atoms with Crippen LogP contribution in [0.15, 0.2) is 12.4 Å². The lowest BCUT2D eigenvalue weighted by molar-refractivity contribution is 0.646. The van der Waals surface area contributed by atoms with Gasteiger partial charge in [-0.3, -0.25) is 0 Å². The third kappa shape index (κ3) is 1.41. The molecular weight excluding hydrogens is 176 g/mol. The van der Waals surface area contributed by atoms with E-state index in [0.717, 1.165) is 11.8 Å². The van der Waals surface area contributed by atoms with E-state index in [-0.39, 0.29) is 0 Å². The lowest BCUT2D eigenvalue weighted by Gasteiger charge is -2.13. The Labute approximate surface area is 82.9 Å². The van der Waals surface area contributed by atoms with Crippen molar-refractivity contribution in [3.05, 3.63) is 12.4 Å². The van der Waals surface area contributed by atoms with Crippen molar-refractivity contribution in [1.29, 1.82) is 0 Å². The third-order valence-electron chi connectivity index (χ3n) is 3.25. The second-order valence-corrected chi connectivity index (χ2v) is 4.41. The summed E-state index contributed by atoms with van der Waals surface area (Å²) < 4.78 is 0. The zero-order valence-corrected chi connectivity index (χ0v) is 7.98. The largest absolute Gasteiger partial charge is 0.396 e. The Morgan fingerprint density at radius 3 is 2.43 bits per heavy atom. The maximum atomic E-state index is 5.51. The Balaban J connectivity index is 1.64. The highest BCUT2D eigenvalue weighted by atomic mass is 15.1. The molecule has 2 saturated carbocycles. The molecule has 2 fully saturated rings. The number of nitrogens with two attached hydrogens (primary N) is 1. The van der Waals surface area contributed by atoms with Crippen LogP contribution in [0.3, 0.4) is 0 Å². The standard InChI is InChI=1S/C10H14N4/c11-8-4-12-10(13-5-8)14-9-2-6-1-7(6)3-9/h4-7,9H,1-3,11H2,(H,12,13,14). The number of rotatable bonds is 2. The van der Waals surface area contributed by atoms with Crippen molar-refractivity contribution in [2.45, 2.75) is 25.3 Å². The monoisotopic (exact) mass is 190 g/mol. The first-order chi connectivity index (χ1) is 6.81. The van der Waals surface area contributed by atoms with Crippen LogP contribution < -0.4 is 11.1 Å². The van der Waals surface area contributed by atoms with Gasteiger partial charge in [0.15, 0.2) is 0 Å². The van der Waals surface area contributed by atoms with E-state index in [2.05, 4.69) is 15.3 Å². The maximum Gasteiger partial charge on any atom is 0.222 e. The van der Waals surface area contributed by atoms with Crippen LogP contribution in [0.2, 0.25) is 0 Å². The normalized spacial score (nSPS) is 33.9. The Bertz CT molecular complexity index is 324. The van der Waals surface area contributed by atoms with E-state index < -0.39 is 0 Å². The van der Waals surface area contributed by atoms with Crippen LogP contribution in [-0.4, -0.2) is 16.0 Å². The quantitative estimate of drug-likeness (QED) is 0.737. The van der Waals surface area contributed by atoms with Crippen LogP contribution in [0.5, 0.6) is 0 Å². The minimum Gasteiger partial charge on any atom is -0.396 e. The Kier molecular flexibility index (Phi) is 1.63. The molecule has 0 saturated heterocycles. The molecule has 2 aliphatic rings. The van der Waals surface area contributed by atoms with Gasteiger partial charge in [0.1, 0.15) is 0 Å². The third-order valence-corrected chi connectivity index (χ3v) is 3.25. The molecule has 4 nitrogen and oxygen atoms in total. The average Bonchev–Trinajstić information content (AvgIpc) is 2.79. The van der Waals surface area contributed by atoms with Gasteiger partial charge in [-0.15, -0.1) is 0 Å². The number of nitrogens with one attached hydrogen (secondary N) is 1. The molecule has 0 amide bonds. The molecule has 3 N–H and O–H groups in total. The highest BCUT2D eigenvalue weighted by Gasteiger charge is 2.45. The SMILES string of the molecule is Nc1cnc(NC2CC3CC3C2)nc1. The molecular formula is C10H14N4. The van der Waals surface area contributed by atoms with Crippen molar-refractivity contribution in [1.82, 2.24) is 9.97 Å². The zero-order chi connectivity index (χ0) is 9.54. The van der Waals surface area contributed by atoms with Crippen LogP contribution >= 0.6 is 0 Å². The molecule has 2 atom stereocenters. The minimum atomic E-state index is 0.586. The average molecular weight is 190 g/mol. The number of hydrogen-bond acceptors (Lipinski definition) is 4. The molecule has 14 heavy (non-hydrogen) atoms. The molecule has 1 heterocycles. The van der Waals surface area contributed by atoms with Gasteiger partial charge in [-0.05, 0) is 31.1 Å². The van der Waals surface area contributed by atoms with Gasteiger partial charge in [0.2, 0.25) is 5.95 Å². The van der Waals surface area contributed by atoms with Crippen molar-refractivity contribution in [2.75, 3.05) is 11.1 Å². The van der Waals surface area contributed by atoms with Crippen molar-refractivity contribution in [3.63, 3.8) is 0 Å². The van der Waals surface area contributed by atoms with Crippen LogP contribution in [0.25, 0.3) is 0 Å². The molecule has 2 aliphatic carbocycles. The van der Waals surface area contributed by atoms with Crippen LogP contribution in [-0.2, 0) is 0 Å². The summed E-state index contributed by atoms with van der Waals surface area (Å²) >= 11 is 0. The second kappa shape index (κ2) is 2.83. The van der Waals surface area contributed by atoms with Gasteiger partial charge in [-0.25, -0.2) is 9.97 Å². The summed E-state index contributed by atoms with van der Waals surface area (Å²) in [6, 6.07) is 0.586. The molecule has 3 rings (SSSR count). The van der Waals surface area contributed by atoms with Gasteiger partial charge >= 0.3 is 0 Å². The van der Waals surface area contributed by atoms with Crippen molar-refractivity contribution in [2.24, 2.45) is 11.8 Å². The number of anilines is 2. The first-order valence-electron chi connectivity index (χ1n) is 5.15. The van der Waals surface area contributed by atoms with Crippen LogP contribution in [0.1, 0.15) is 19.3 Å². The van der Waals surface area contributed by atoms with Gasteiger partial charge in [0, 0.05) is 6.04 Å². The number of aromatic nitrogens is 2. The predicted octanol–water partition coefficient (Wildman–Crippen LogP) is 1.27. The second-order valence-electron chi connectivity index (χ2n) is 4.41. The van der Waals surface area contributed by atoms with Gasteiger partial charge in [0.05, 0.1) is 18.1 Å². The highest BCUT2D eigenvalue weighted by Crippen LogP contribution is 2.52. The molecule has 0 spiro atoms. The number of nitrogens with zero attached hydrogens (tertiary/aromatic N) is 2. The number of hydrogen-bond donors (Lipinski definition) is 2. The lowest BCUT2D eigenvalue weighted by atomic mass is 10.2. The fraction of sp³-hybridized carbons (Fsp3) is 0.600. The summed E-state index contributed by atoms with van der Waals surface area (Å²) in [5.74, 6) is 2.69. The molecule has 1 aromatic heterocycles. The van der Waals surface area contributed by atoms with E-state index in [0.29, 0.717) is 17.7 Å². The van der Waals surface area contributed by atoms with Gasteiger partial charge in [-0.2, -0.15) is 0 Å². The van der Waals surface area contributed by atoms with E-state index in [4.69, 9.17) is 5.73 Å². The smallest absolute Gasteiger partial charge is 0.222 e. The summed E-state index contributed by atoms with van der Waals surface area (Å²) in [4.78, 5) is 8.27. The van der Waals surface area contributed by atoms with E-state index in [1.54, 1.807) is 12.4 Å². The summed E-state index contributed by atoms with van der Waals surface area (Å²) in [5, 5.41) is 3.35. The van der Waals surface area contributed by atoms with Gasteiger partial charge < -0.3 is 11.1 Å². The Morgan fingerprint density at radius 2 is 1.79 bits per heavy atom. The van der Waals surface area contributed by atoms with E-state index in [9.17, 15) is 0 Å². The maximum absolute atomic E-state index is 5.51. The van der Waals surface area contributed by atoms with Crippen molar-refractivity contribution >= 4 is 11.6 Å². The summed E-state index contributed by atoms with van der Waals surface area (Å²) in [5.41, 5.74) is 6.13. The first kappa shape index (κ1) is 8.03. The van der Waals surface area contributed by atoms with E-state index in [1.807, 2.05) is 0 Å². The molecule has 2 unspecified atom stereocenters. The fourth-order valence-corrected chi connectivity index (χ4v) is 2.43. The van der Waals surface area contributed by atoms with Gasteiger partial charge in [0.25, 0.3) is 0 Å². The minimum absolute atomic E-state index is 0.586. The zero-order valence-electron chi connectivity index (χ0n) is 7.98. The van der Waals surface area contributed by atoms with Crippen LogP contribution in [0, 0.1) is 11.8 Å². The van der Waals surface area contributed by atoms with Gasteiger partial charge in [-0.1, -0.05) is 0 Å². The summed E-state index contributed by atoms with van der Waals surface area (Å²) in [6.45, 7) is 0. The molecule has 0 aromatic carbocycles. The van der Waals surface area contributed by atoms with Crippen molar-refractivity contribution in [3.8, 4) is 0 Å². The molecule has 4 heteroatoms. The molecule has 0 bridgehead atoms. The number of fused-ring (bicyclic) bond motifs is 1.